The van der Waals surface area contributed by atoms with Crippen LogP contribution >= 0.6 is 15.9 Å². The maximum atomic E-state index is 14.2. The molecule has 0 fully saturated rings. The molecule has 3 aromatic carbocycles. The molecule has 0 atom stereocenters. The van der Waals surface area contributed by atoms with Crippen molar-refractivity contribution in [1.29, 1.82) is 0 Å². The summed E-state index contributed by atoms with van der Waals surface area (Å²) in [5, 5.41) is 2.93. The number of aromatic nitrogens is 2. The van der Waals surface area contributed by atoms with Gasteiger partial charge in [0.1, 0.15) is 11.6 Å². The highest BCUT2D eigenvalue weighted by molar-refractivity contribution is 9.10. The van der Waals surface area contributed by atoms with E-state index in [0.29, 0.717) is 30.6 Å². The second-order valence-corrected chi connectivity index (χ2v) is 7.62. The molecule has 0 unspecified atom stereocenters. The molecular formula is C23H19BrFN3O. The molecular weight excluding hydrogens is 433 g/mol. The van der Waals surface area contributed by atoms with Crippen LogP contribution in [-0.4, -0.2) is 22.0 Å². The number of nitrogens with zero attached hydrogens (tertiary/aromatic N) is 2. The van der Waals surface area contributed by atoms with Gasteiger partial charge in [-0.25, -0.2) is 9.37 Å². The van der Waals surface area contributed by atoms with E-state index < -0.39 is 0 Å². The summed E-state index contributed by atoms with van der Waals surface area (Å²) in [6, 6.07) is 21.8. The van der Waals surface area contributed by atoms with Gasteiger partial charge in [0, 0.05) is 28.6 Å². The Morgan fingerprint density at radius 2 is 1.72 bits per heavy atom. The third-order valence-corrected chi connectivity index (χ3v) is 5.29. The number of hydrogen-bond donors (Lipinski definition) is 1. The number of amides is 1. The van der Waals surface area contributed by atoms with E-state index in [4.69, 9.17) is 4.98 Å². The Kier molecular flexibility index (Phi) is 5.71. The lowest BCUT2D eigenvalue weighted by Gasteiger charge is -2.11. The van der Waals surface area contributed by atoms with Crippen molar-refractivity contribution >= 4 is 32.9 Å². The van der Waals surface area contributed by atoms with Crippen molar-refractivity contribution in [2.45, 2.75) is 13.0 Å². The van der Waals surface area contributed by atoms with Gasteiger partial charge in [-0.2, -0.15) is 0 Å². The Balaban J connectivity index is 1.53. The molecule has 1 heterocycles. The maximum Gasteiger partial charge on any atom is 0.251 e. The summed E-state index contributed by atoms with van der Waals surface area (Å²) >= 11 is 3.37. The number of hydrogen-bond acceptors (Lipinski definition) is 2. The maximum absolute atomic E-state index is 14.2. The van der Waals surface area contributed by atoms with E-state index in [9.17, 15) is 9.18 Å². The predicted molar refractivity (Wildman–Crippen MR) is 115 cm³/mol. The molecule has 4 aromatic rings. The number of benzene rings is 3. The van der Waals surface area contributed by atoms with E-state index in [2.05, 4.69) is 21.2 Å². The van der Waals surface area contributed by atoms with Gasteiger partial charge in [0.2, 0.25) is 0 Å². The zero-order valence-corrected chi connectivity index (χ0v) is 17.2. The molecule has 0 aliphatic heterocycles. The van der Waals surface area contributed by atoms with Crippen molar-refractivity contribution in [3.63, 3.8) is 0 Å². The summed E-state index contributed by atoms with van der Waals surface area (Å²) in [5.74, 6) is 0.444. The largest absolute Gasteiger partial charge is 0.352 e. The minimum atomic E-state index is -0.236. The average Bonchev–Trinajstić information content (AvgIpc) is 3.07. The zero-order valence-electron chi connectivity index (χ0n) is 15.6. The highest BCUT2D eigenvalue weighted by atomic mass is 79.9. The first-order valence-corrected chi connectivity index (χ1v) is 10.1. The number of carbonyl (C=O) groups excluding carboxylic acids is 1. The Labute approximate surface area is 176 Å². The van der Waals surface area contributed by atoms with Crippen LogP contribution in [0.15, 0.2) is 77.3 Å². The third kappa shape index (κ3) is 4.38. The van der Waals surface area contributed by atoms with E-state index in [1.165, 1.54) is 6.07 Å². The number of para-hydroxylation sites is 2. The second kappa shape index (κ2) is 8.57. The molecule has 0 saturated heterocycles. The first-order valence-electron chi connectivity index (χ1n) is 9.33. The normalized spacial score (nSPS) is 11.0. The lowest BCUT2D eigenvalue weighted by atomic mass is 10.2. The molecule has 4 nitrogen and oxygen atoms in total. The Hall–Kier alpha value is -2.99. The first-order chi connectivity index (χ1) is 14.1. The summed E-state index contributed by atoms with van der Waals surface area (Å²) < 4.78 is 17.1. The van der Waals surface area contributed by atoms with Crippen molar-refractivity contribution in [2.75, 3.05) is 6.54 Å². The van der Waals surface area contributed by atoms with Crippen LogP contribution in [0.1, 0.15) is 21.7 Å². The summed E-state index contributed by atoms with van der Waals surface area (Å²) in [5.41, 5.74) is 3.02. The lowest BCUT2D eigenvalue weighted by Crippen LogP contribution is -2.26. The number of carbonyl (C=O) groups is 1. The van der Waals surface area contributed by atoms with Gasteiger partial charge in [-0.15, -0.1) is 0 Å². The molecule has 1 aromatic heterocycles. The van der Waals surface area contributed by atoms with Gasteiger partial charge >= 0.3 is 0 Å². The molecule has 29 heavy (non-hydrogen) atoms. The van der Waals surface area contributed by atoms with Gasteiger partial charge in [0.25, 0.3) is 5.91 Å². The minimum absolute atomic E-state index is 0.130. The highest BCUT2D eigenvalue weighted by Crippen LogP contribution is 2.19. The molecule has 0 saturated carbocycles. The molecule has 0 radical (unpaired) electrons. The van der Waals surface area contributed by atoms with E-state index in [1.54, 1.807) is 24.3 Å². The quantitative estimate of drug-likeness (QED) is 0.450. The molecule has 6 heteroatoms. The minimum Gasteiger partial charge on any atom is -0.352 e. The summed E-state index contributed by atoms with van der Waals surface area (Å²) in [6.07, 6.45) is 0.547. The van der Waals surface area contributed by atoms with Crippen LogP contribution in [0.3, 0.4) is 0 Å². The van der Waals surface area contributed by atoms with E-state index in [1.807, 2.05) is 47.0 Å². The fraction of sp³-hybridized carbons (Fsp3) is 0.130. The van der Waals surface area contributed by atoms with E-state index in [-0.39, 0.29) is 11.7 Å². The zero-order chi connectivity index (χ0) is 20.2. The topological polar surface area (TPSA) is 46.9 Å². The molecule has 0 spiro atoms. The smallest absolute Gasteiger partial charge is 0.251 e. The summed E-state index contributed by atoms with van der Waals surface area (Å²) in [7, 11) is 0. The Bertz CT molecular complexity index is 1150. The fourth-order valence-electron chi connectivity index (χ4n) is 3.28. The third-order valence-electron chi connectivity index (χ3n) is 4.76. The monoisotopic (exact) mass is 451 g/mol. The number of imidazole rings is 1. The molecule has 0 bridgehead atoms. The van der Waals surface area contributed by atoms with Crippen molar-refractivity contribution in [2.24, 2.45) is 0 Å². The van der Waals surface area contributed by atoms with E-state index in [0.717, 1.165) is 21.3 Å². The number of halogens is 2. The predicted octanol–water partition coefficient (Wildman–Crippen LogP) is 4.96. The van der Waals surface area contributed by atoms with E-state index >= 15 is 0 Å². The van der Waals surface area contributed by atoms with Crippen molar-refractivity contribution in [3.05, 3.63) is 100 Å². The molecule has 4 rings (SSSR count). The van der Waals surface area contributed by atoms with Crippen LogP contribution in [0.2, 0.25) is 0 Å². The molecule has 146 valence electrons. The van der Waals surface area contributed by atoms with Crippen molar-refractivity contribution in [3.8, 4) is 0 Å². The van der Waals surface area contributed by atoms with Crippen molar-refractivity contribution in [1.82, 2.24) is 14.9 Å². The number of nitrogens with one attached hydrogen (secondary N) is 1. The Morgan fingerprint density at radius 1 is 1.00 bits per heavy atom. The Morgan fingerprint density at radius 3 is 2.52 bits per heavy atom. The standard InChI is InChI=1S/C23H19BrFN3O/c24-18-11-9-16(10-12-18)23(29)26-14-13-22-27-20-7-3-4-8-21(20)28(22)15-17-5-1-2-6-19(17)25/h1-12H,13-15H2,(H,26,29). The van der Waals surface area contributed by atoms with Crippen LogP contribution in [0.25, 0.3) is 11.0 Å². The number of fused-ring (bicyclic) bond motifs is 1. The SMILES string of the molecule is O=C(NCCc1nc2ccccc2n1Cc1ccccc1F)c1ccc(Br)cc1. The van der Waals surface area contributed by atoms with Crippen molar-refractivity contribution < 1.29 is 9.18 Å². The summed E-state index contributed by atoms with van der Waals surface area (Å²) in [4.78, 5) is 17.0. The number of rotatable bonds is 6. The van der Waals surface area contributed by atoms with Gasteiger partial charge in [0.15, 0.2) is 0 Å². The van der Waals surface area contributed by atoms with Gasteiger partial charge in [-0.05, 0) is 42.5 Å². The van der Waals surface area contributed by atoms with Crippen LogP contribution in [0.4, 0.5) is 4.39 Å². The van der Waals surface area contributed by atoms with Gasteiger partial charge in [-0.3, -0.25) is 4.79 Å². The summed E-state index contributed by atoms with van der Waals surface area (Å²) in [6.45, 7) is 0.832. The van der Waals surface area contributed by atoms with Gasteiger partial charge < -0.3 is 9.88 Å². The molecule has 0 aliphatic carbocycles. The highest BCUT2D eigenvalue weighted by Gasteiger charge is 2.13. The second-order valence-electron chi connectivity index (χ2n) is 6.71. The van der Waals surface area contributed by atoms with Crippen LogP contribution in [0.5, 0.6) is 0 Å². The van der Waals surface area contributed by atoms with Gasteiger partial charge in [0.05, 0.1) is 17.6 Å². The molecule has 1 amide bonds. The lowest BCUT2D eigenvalue weighted by molar-refractivity contribution is 0.0954. The molecule has 0 aliphatic rings. The van der Waals surface area contributed by atoms with Crippen LogP contribution in [0, 0.1) is 5.82 Å². The van der Waals surface area contributed by atoms with Crippen LogP contribution in [-0.2, 0) is 13.0 Å². The van der Waals surface area contributed by atoms with Gasteiger partial charge in [-0.1, -0.05) is 46.3 Å². The van der Waals surface area contributed by atoms with Crippen LogP contribution < -0.4 is 5.32 Å². The fourth-order valence-corrected chi connectivity index (χ4v) is 3.55. The average molecular weight is 452 g/mol. The molecule has 1 N–H and O–H groups in total. The first kappa shape index (κ1) is 19.3.